The van der Waals surface area contributed by atoms with E-state index in [0.29, 0.717) is 32.2 Å². The van der Waals surface area contributed by atoms with Crippen molar-refractivity contribution >= 4 is 17.5 Å². The summed E-state index contributed by atoms with van der Waals surface area (Å²) in [4.78, 5) is 11.6. The molecule has 1 unspecified atom stereocenters. The quantitative estimate of drug-likeness (QED) is 0.757. The minimum atomic E-state index is 0.0591. The maximum atomic E-state index is 11.6. The minimum Gasteiger partial charge on any atom is -0.383 e. The number of carbonyl (C=O) groups is 1. The summed E-state index contributed by atoms with van der Waals surface area (Å²) in [6.45, 7) is 1.81. The summed E-state index contributed by atoms with van der Waals surface area (Å²) >= 11 is 5.99. The van der Waals surface area contributed by atoms with Crippen molar-refractivity contribution in [3.63, 3.8) is 0 Å². The van der Waals surface area contributed by atoms with Gasteiger partial charge in [0.1, 0.15) is 0 Å². The van der Waals surface area contributed by atoms with E-state index in [1.165, 1.54) is 11.1 Å². The molecule has 4 nitrogen and oxygen atoms in total. The van der Waals surface area contributed by atoms with Crippen LogP contribution < -0.4 is 10.6 Å². The van der Waals surface area contributed by atoms with Gasteiger partial charge in [0.2, 0.25) is 5.91 Å². The molecule has 1 atom stereocenters. The summed E-state index contributed by atoms with van der Waals surface area (Å²) in [5.74, 6) is 0.0591. The van der Waals surface area contributed by atoms with Gasteiger partial charge in [-0.15, -0.1) is 0 Å². The Bertz CT molecular complexity index is 465. The van der Waals surface area contributed by atoms with Crippen molar-refractivity contribution in [1.82, 2.24) is 10.6 Å². The molecule has 0 saturated carbocycles. The topological polar surface area (TPSA) is 50.4 Å². The Balaban J connectivity index is 1.73. The fourth-order valence-corrected chi connectivity index (χ4v) is 2.73. The number of carbonyl (C=O) groups excluding carboxylic acids is 1. The second-order valence-corrected chi connectivity index (χ2v) is 5.42. The fourth-order valence-electron chi connectivity index (χ4n) is 2.54. The lowest BCUT2D eigenvalue weighted by Gasteiger charge is -2.14. The molecule has 5 heteroatoms. The number of nitrogens with one attached hydrogen (secondary N) is 2. The predicted molar refractivity (Wildman–Crippen MR) is 80.0 cm³/mol. The number of fused-ring (bicyclic) bond motifs is 1. The number of hydrogen-bond donors (Lipinski definition) is 2. The van der Waals surface area contributed by atoms with Gasteiger partial charge in [0.25, 0.3) is 0 Å². The van der Waals surface area contributed by atoms with E-state index in [2.05, 4.69) is 16.7 Å². The highest BCUT2D eigenvalue weighted by molar-refractivity contribution is 6.30. The summed E-state index contributed by atoms with van der Waals surface area (Å²) in [6, 6.07) is 6.39. The number of benzene rings is 1. The number of halogens is 1. The Kier molecular flexibility index (Phi) is 5.83. The first-order chi connectivity index (χ1) is 9.70. The first kappa shape index (κ1) is 15.3. The zero-order chi connectivity index (χ0) is 14.4. The average Bonchev–Trinajstić information content (AvgIpc) is 2.81. The molecule has 1 aliphatic rings. The van der Waals surface area contributed by atoms with Crippen molar-refractivity contribution in [3.05, 3.63) is 34.3 Å². The Morgan fingerprint density at radius 3 is 3.10 bits per heavy atom. The minimum absolute atomic E-state index is 0.0591. The first-order valence-corrected chi connectivity index (χ1v) is 7.36. The number of methoxy groups -OCH3 is 1. The van der Waals surface area contributed by atoms with Crippen LogP contribution in [0.1, 0.15) is 30.0 Å². The van der Waals surface area contributed by atoms with Gasteiger partial charge in [-0.25, -0.2) is 0 Å². The Labute approximate surface area is 124 Å². The zero-order valence-corrected chi connectivity index (χ0v) is 12.5. The third-order valence-electron chi connectivity index (χ3n) is 3.55. The molecule has 0 radical (unpaired) electrons. The van der Waals surface area contributed by atoms with Crippen molar-refractivity contribution in [2.75, 3.05) is 26.8 Å². The van der Waals surface area contributed by atoms with Gasteiger partial charge < -0.3 is 15.4 Å². The lowest BCUT2D eigenvalue weighted by Crippen LogP contribution is -2.31. The van der Waals surface area contributed by atoms with E-state index >= 15 is 0 Å². The van der Waals surface area contributed by atoms with Gasteiger partial charge in [-0.05, 0) is 36.1 Å². The normalized spacial score (nSPS) is 17.0. The molecule has 0 spiro atoms. The highest BCUT2D eigenvalue weighted by Gasteiger charge is 2.21. The summed E-state index contributed by atoms with van der Waals surface area (Å²) in [6.07, 6.45) is 2.61. The van der Waals surface area contributed by atoms with Gasteiger partial charge in [0.05, 0.1) is 6.61 Å². The van der Waals surface area contributed by atoms with Gasteiger partial charge in [-0.2, -0.15) is 0 Å². The van der Waals surface area contributed by atoms with Crippen molar-refractivity contribution in [2.45, 2.75) is 25.3 Å². The fraction of sp³-hybridized carbons (Fsp3) is 0.533. The van der Waals surface area contributed by atoms with Crippen molar-refractivity contribution in [3.8, 4) is 0 Å². The summed E-state index contributed by atoms with van der Waals surface area (Å²) < 4.78 is 4.89. The molecule has 2 N–H and O–H groups in total. The highest BCUT2D eigenvalue weighted by Crippen LogP contribution is 2.32. The summed E-state index contributed by atoms with van der Waals surface area (Å²) in [7, 11) is 1.62. The molecule has 0 aromatic heterocycles. The van der Waals surface area contributed by atoms with E-state index in [9.17, 15) is 4.79 Å². The molecule has 2 rings (SSSR count). The van der Waals surface area contributed by atoms with Crippen LogP contribution in [0.25, 0.3) is 0 Å². The molecule has 0 aliphatic heterocycles. The van der Waals surface area contributed by atoms with Gasteiger partial charge in [0.15, 0.2) is 0 Å². The number of amides is 1. The molecule has 20 heavy (non-hydrogen) atoms. The molecule has 0 saturated heterocycles. The maximum Gasteiger partial charge on any atom is 0.221 e. The molecule has 1 aliphatic carbocycles. The smallest absolute Gasteiger partial charge is 0.221 e. The molecule has 1 aromatic rings. The van der Waals surface area contributed by atoms with E-state index in [-0.39, 0.29) is 5.91 Å². The van der Waals surface area contributed by atoms with E-state index in [4.69, 9.17) is 16.3 Å². The maximum absolute atomic E-state index is 11.6. The van der Waals surface area contributed by atoms with Crippen molar-refractivity contribution in [1.29, 1.82) is 0 Å². The lowest BCUT2D eigenvalue weighted by atomic mass is 10.1. The van der Waals surface area contributed by atoms with Crippen molar-refractivity contribution in [2.24, 2.45) is 0 Å². The number of hydrogen-bond acceptors (Lipinski definition) is 3. The number of rotatable bonds is 7. The molecule has 0 bridgehead atoms. The van der Waals surface area contributed by atoms with Crippen LogP contribution >= 0.6 is 11.6 Å². The van der Waals surface area contributed by atoms with Crippen LogP contribution in [0.15, 0.2) is 18.2 Å². The van der Waals surface area contributed by atoms with Crippen LogP contribution in [0, 0.1) is 0 Å². The number of ether oxygens (including phenoxy) is 1. The largest absolute Gasteiger partial charge is 0.383 e. The van der Waals surface area contributed by atoms with Gasteiger partial charge in [0, 0.05) is 37.7 Å². The molecule has 0 heterocycles. The van der Waals surface area contributed by atoms with Crippen LogP contribution in [-0.2, 0) is 16.0 Å². The summed E-state index contributed by atoms with van der Waals surface area (Å²) in [5, 5.41) is 7.05. The van der Waals surface area contributed by atoms with Crippen molar-refractivity contribution < 1.29 is 9.53 Å². The second kappa shape index (κ2) is 7.62. The van der Waals surface area contributed by atoms with Crippen LogP contribution in [0.4, 0.5) is 0 Å². The SMILES string of the molecule is COCCNC(=O)CCNC1CCc2cc(Cl)ccc21. The van der Waals surface area contributed by atoms with E-state index in [1.54, 1.807) is 7.11 Å². The van der Waals surface area contributed by atoms with Crippen LogP contribution in [-0.4, -0.2) is 32.7 Å². The van der Waals surface area contributed by atoms with E-state index in [1.807, 2.05) is 12.1 Å². The third-order valence-corrected chi connectivity index (χ3v) is 3.79. The number of aryl methyl sites for hydroxylation is 1. The highest BCUT2D eigenvalue weighted by atomic mass is 35.5. The van der Waals surface area contributed by atoms with Crippen LogP contribution in [0.3, 0.4) is 0 Å². The Morgan fingerprint density at radius 1 is 1.45 bits per heavy atom. The molecule has 1 amide bonds. The average molecular weight is 297 g/mol. The molecular weight excluding hydrogens is 276 g/mol. The van der Waals surface area contributed by atoms with Crippen LogP contribution in [0.2, 0.25) is 5.02 Å². The molecule has 1 aromatic carbocycles. The van der Waals surface area contributed by atoms with Gasteiger partial charge >= 0.3 is 0 Å². The van der Waals surface area contributed by atoms with Crippen LogP contribution in [0.5, 0.6) is 0 Å². The zero-order valence-electron chi connectivity index (χ0n) is 11.7. The standard InChI is InChI=1S/C15H21ClN2O2/c1-20-9-8-18-15(19)6-7-17-14-5-2-11-10-12(16)3-4-13(11)14/h3-4,10,14,17H,2,5-9H2,1H3,(H,18,19). The third kappa shape index (κ3) is 4.20. The molecule has 0 fully saturated rings. The van der Waals surface area contributed by atoms with Gasteiger partial charge in [-0.1, -0.05) is 17.7 Å². The second-order valence-electron chi connectivity index (χ2n) is 4.98. The Hall–Kier alpha value is -1.10. The monoisotopic (exact) mass is 296 g/mol. The first-order valence-electron chi connectivity index (χ1n) is 6.98. The molecular formula is C15H21ClN2O2. The lowest BCUT2D eigenvalue weighted by molar-refractivity contribution is -0.121. The summed E-state index contributed by atoms with van der Waals surface area (Å²) in [5.41, 5.74) is 2.63. The van der Waals surface area contributed by atoms with Gasteiger partial charge in [-0.3, -0.25) is 4.79 Å². The molecule has 110 valence electrons. The van der Waals surface area contributed by atoms with E-state index < -0.39 is 0 Å². The van der Waals surface area contributed by atoms with E-state index in [0.717, 1.165) is 17.9 Å². The predicted octanol–water partition coefficient (Wildman–Crippen LogP) is 2.07. The Morgan fingerprint density at radius 2 is 2.30 bits per heavy atom.